The lowest BCUT2D eigenvalue weighted by molar-refractivity contribution is -0.137. The second-order valence-corrected chi connectivity index (χ2v) is 9.53. The minimum absolute atomic E-state index is 0.0918. The Morgan fingerprint density at radius 1 is 0.939 bits per heavy atom. The van der Waals surface area contributed by atoms with Gasteiger partial charge in [-0.15, -0.1) is 0 Å². The molecule has 3 aromatic rings. The molecule has 0 bridgehead atoms. The molecule has 3 aromatic carbocycles. The number of nitrogens with zero attached hydrogens (tertiary/aromatic N) is 1. The van der Waals surface area contributed by atoms with Crippen LogP contribution in [0.1, 0.15) is 30.9 Å². The Morgan fingerprint density at radius 3 is 2.21 bits per heavy atom. The summed E-state index contributed by atoms with van der Waals surface area (Å²) in [7, 11) is -4.33. The first-order valence-corrected chi connectivity index (χ1v) is 11.6. The Kier molecular flexibility index (Phi) is 7.12. The van der Waals surface area contributed by atoms with Crippen LogP contribution < -0.4 is 9.62 Å². The summed E-state index contributed by atoms with van der Waals surface area (Å²) >= 11 is 0. The van der Waals surface area contributed by atoms with Crippen molar-refractivity contribution in [2.45, 2.75) is 30.8 Å². The van der Waals surface area contributed by atoms with Crippen molar-refractivity contribution < 1.29 is 26.4 Å². The van der Waals surface area contributed by atoms with Crippen molar-refractivity contribution in [3.05, 3.63) is 90.0 Å². The molecule has 0 aromatic heterocycles. The molecule has 1 amide bonds. The molecule has 33 heavy (non-hydrogen) atoms. The van der Waals surface area contributed by atoms with Crippen LogP contribution >= 0.6 is 0 Å². The number of carbonyl (C=O) groups is 1. The zero-order chi connectivity index (χ0) is 24.2. The van der Waals surface area contributed by atoms with Gasteiger partial charge in [-0.25, -0.2) is 8.42 Å². The highest BCUT2D eigenvalue weighted by atomic mass is 32.2. The van der Waals surface area contributed by atoms with Crippen molar-refractivity contribution >= 4 is 27.3 Å². The number of amides is 1. The highest BCUT2D eigenvalue weighted by molar-refractivity contribution is 7.92. The number of nitrogens with one attached hydrogen (secondary N) is 1. The minimum Gasteiger partial charge on any atom is -0.324 e. The molecule has 0 spiro atoms. The van der Waals surface area contributed by atoms with Crippen molar-refractivity contribution in [3.8, 4) is 0 Å². The van der Waals surface area contributed by atoms with Crippen molar-refractivity contribution in [2.75, 3.05) is 16.2 Å². The Bertz CT molecular complexity index is 1230. The number of para-hydroxylation sites is 1. The molecule has 5 nitrogen and oxygen atoms in total. The summed E-state index contributed by atoms with van der Waals surface area (Å²) in [5.74, 6) is -0.589. The van der Waals surface area contributed by atoms with E-state index < -0.39 is 34.2 Å². The summed E-state index contributed by atoms with van der Waals surface area (Å²) in [6.07, 6.45) is -4.67. The van der Waals surface area contributed by atoms with E-state index in [9.17, 15) is 26.4 Å². The van der Waals surface area contributed by atoms with E-state index in [-0.39, 0.29) is 16.5 Å². The van der Waals surface area contributed by atoms with Gasteiger partial charge in [-0.2, -0.15) is 13.2 Å². The van der Waals surface area contributed by atoms with Crippen molar-refractivity contribution in [1.82, 2.24) is 0 Å². The Morgan fingerprint density at radius 2 is 1.58 bits per heavy atom. The Balaban J connectivity index is 2.01. The van der Waals surface area contributed by atoms with E-state index in [2.05, 4.69) is 5.32 Å². The van der Waals surface area contributed by atoms with Gasteiger partial charge in [0.15, 0.2) is 0 Å². The molecule has 0 aliphatic rings. The van der Waals surface area contributed by atoms with Gasteiger partial charge < -0.3 is 5.32 Å². The molecule has 0 aliphatic carbocycles. The monoisotopic (exact) mass is 476 g/mol. The van der Waals surface area contributed by atoms with Crippen LogP contribution in [0.25, 0.3) is 0 Å². The maximum atomic E-state index is 13.3. The van der Waals surface area contributed by atoms with E-state index in [0.29, 0.717) is 9.99 Å². The van der Waals surface area contributed by atoms with Crippen LogP contribution in [0.15, 0.2) is 83.8 Å². The lowest BCUT2D eigenvalue weighted by Gasteiger charge is -2.25. The second kappa shape index (κ2) is 9.66. The fraction of sp³-hybridized carbons (Fsp3) is 0.208. The molecule has 3 rings (SSSR count). The number of rotatable bonds is 7. The molecule has 0 saturated heterocycles. The number of anilines is 2. The number of alkyl halides is 3. The largest absolute Gasteiger partial charge is 0.416 e. The summed E-state index contributed by atoms with van der Waals surface area (Å²) in [6, 6.07) is 18.2. The van der Waals surface area contributed by atoms with Crippen LogP contribution in [0, 0.1) is 0 Å². The molecular weight excluding hydrogens is 453 g/mol. The van der Waals surface area contributed by atoms with Crippen molar-refractivity contribution in [2.24, 2.45) is 0 Å². The zero-order valence-electron chi connectivity index (χ0n) is 18.0. The molecular formula is C24H23F3N2O3S. The number of hydrogen-bond acceptors (Lipinski definition) is 3. The lowest BCUT2D eigenvalue weighted by Crippen LogP contribution is -2.38. The summed E-state index contributed by atoms with van der Waals surface area (Å²) in [6.45, 7) is 3.19. The first-order chi connectivity index (χ1) is 15.5. The Hall–Kier alpha value is -3.33. The maximum absolute atomic E-state index is 13.3. The number of benzene rings is 3. The van der Waals surface area contributed by atoms with Gasteiger partial charge in [-0.1, -0.05) is 56.3 Å². The molecule has 174 valence electrons. The van der Waals surface area contributed by atoms with Gasteiger partial charge in [-0.05, 0) is 47.9 Å². The van der Waals surface area contributed by atoms with Gasteiger partial charge in [0.25, 0.3) is 10.0 Å². The first-order valence-electron chi connectivity index (χ1n) is 10.1. The van der Waals surface area contributed by atoms with E-state index >= 15 is 0 Å². The fourth-order valence-electron chi connectivity index (χ4n) is 3.31. The lowest BCUT2D eigenvalue weighted by atomic mass is 10.0. The SMILES string of the molecule is CC(C)c1ccccc1NC(=O)CN(c1cccc(C(F)(F)F)c1)S(=O)(=O)c1ccccc1. The second-order valence-electron chi connectivity index (χ2n) is 7.66. The number of hydrogen-bond donors (Lipinski definition) is 1. The van der Waals surface area contributed by atoms with E-state index in [1.165, 1.54) is 30.3 Å². The fourth-order valence-corrected chi connectivity index (χ4v) is 4.74. The molecule has 0 heterocycles. The smallest absolute Gasteiger partial charge is 0.324 e. The molecule has 0 atom stereocenters. The topological polar surface area (TPSA) is 66.5 Å². The van der Waals surface area contributed by atoms with E-state index in [4.69, 9.17) is 0 Å². The third-order valence-electron chi connectivity index (χ3n) is 4.94. The summed E-state index contributed by atoms with van der Waals surface area (Å²) < 4.78 is 67.1. The highest BCUT2D eigenvalue weighted by Crippen LogP contribution is 2.33. The third kappa shape index (κ3) is 5.73. The van der Waals surface area contributed by atoms with Gasteiger partial charge in [0.1, 0.15) is 6.54 Å². The van der Waals surface area contributed by atoms with Crippen molar-refractivity contribution in [3.63, 3.8) is 0 Å². The van der Waals surface area contributed by atoms with Gasteiger partial charge >= 0.3 is 6.18 Å². The number of sulfonamides is 1. The average molecular weight is 477 g/mol. The van der Waals surface area contributed by atoms with Crippen LogP contribution in [0.4, 0.5) is 24.5 Å². The third-order valence-corrected chi connectivity index (χ3v) is 6.72. The zero-order valence-corrected chi connectivity index (χ0v) is 18.8. The number of carbonyl (C=O) groups excluding carboxylic acids is 1. The summed E-state index contributed by atoms with van der Waals surface area (Å²) in [4.78, 5) is 12.8. The van der Waals surface area contributed by atoms with Crippen LogP contribution in [0.3, 0.4) is 0 Å². The summed E-state index contributed by atoms with van der Waals surface area (Å²) in [5.41, 5.74) is 0.0841. The van der Waals surface area contributed by atoms with Gasteiger partial charge in [-0.3, -0.25) is 9.10 Å². The van der Waals surface area contributed by atoms with Crippen LogP contribution in [0.5, 0.6) is 0 Å². The highest BCUT2D eigenvalue weighted by Gasteiger charge is 2.33. The molecule has 9 heteroatoms. The normalized spacial score (nSPS) is 11.9. The average Bonchev–Trinajstić information content (AvgIpc) is 2.77. The predicted octanol–water partition coefficient (Wildman–Crippen LogP) is 5.66. The predicted molar refractivity (Wildman–Crippen MR) is 122 cm³/mol. The quantitative estimate of drug-likeness (QED) is 0.478. The van der Waals surface area contributed by atoms with Gasteiger partial charge in [0.2, 0.25) is 5.91 Å². The molecule has 0 saturated carbocycles. The van der Waals surface area contributed by atoms with Crippen LogP contribution in [-0.2, 0) is 21.0 Å². The van der Waals surface area contributed by atoms with Crippen LogP contribution in [-0.4, -0.2) is 20.9 Å². The molecule has 0 unspecified atom stereocenters. The number of halogens is 3. The standard InChI is InChI=1S/C24H23F3N2O3S/c1-17(2)21-13-6-7-14-22(21)28-23(30)16-29(33(31,32)20-11-4-3-5-12-20)19-10-8-9-18(15-19)24(25,26)27/h3-15,17H,16H2,1-2H3,(H,28,30). The Labute approximate surface area is 190 Å². The minimum atomic E-state index is -4.67. The van der Waals surface area contributed by atoms with Crippen LogP contribution in [0.2, 0.25) is 0 Å². The molecule has 0 fully saturated rings. The molecule has 0 aliphatic heterocycles. The van der Waals surface area contributed by atoms with E-state index in [1.54, 1.807) is 18.2 Å². The van der Waals surface area contributed by atoms with E-state index in [0.717, 1.165) is 23.8 Å². The molecule has 0 radical (unpaired) electrons. The first kappa shape index (κ1) is 24.3. The molecule has 1 N–H and O–H groups in total. The van der Waals surface area contributed by atoms with Crippen molar-refractivity contribution in [1.29, 1.82) is 0 Å². The van der Waals surface area contributed by atoms with Gasteiger partial charge in [0.05, 0.1) is 16.1 Å². The summed E-state index contributed by atoms with van der Waals surface area (Å²) in [5, 5.41) is 2.69. The maximum Gasteiger partial charge on any atom is 0.416 e. The van der Waals surface area contributed by atoms with E-state index in [1.807, 2.05) is 26.0 Å². The van der Waals surface area contributed by atoms with Gasteiger partial charge in [0, 0.05) is 5.69 Å².